The molecule has 0 unspecified atom stereocenters. The zero-order chi connectivity index (χ0) is 14.5. The Bertz CT molecular complexity index is 628. The number of methoxy groups -OCH3 is 1. The smallest absolute Gasteiger partial charge is 0.337 e. The molecular formula is C15H12BrFO3. The molecule has 5 heteroatoms. The Morgan fingerprint density at radius 2 is 2.05 bits per heavy atom. The Labute approximate surface area is 124 Å². The van der Waals surface area contributed by atoms with E-state index >= 15 is 0 Å². The summed E-state index contributed by atoms with van der Waals surface area (Å²) in [4.78, 5) is 11.4. The third kappa shape index (κ3) is 3.57. The number of esters is 1. The van der Waals surface area contributed by atoms with Gasteiger partial charge in [-0.25, -0.2) is 9.18 Å². The van der Waals surface area contributed by atoms with E-state index in [-0.39, 0.29) is 12.4 Å². The summed E-state index contributed by atoms with van der Waals surface area (Å²) in [6.45, 7) is 0.170. The summed E-state index contributed by atoms with van der Waals surface area (Å²) >= 11 is 3.18. The lowest BCUT2D eigenvalue weighted by molar-refractivity contribution is 0.0600. The second-order valence-electron chi connectivity index (χ2n) is 4.06. The predicted octanol–water partition coefficient (Wildman–Crippen LogP) is 3.95. The largest absolute Gasteiger partial charge is 0.486 e. The van der Waals surface area contributed by atoms with Gasteiger partial charge in [-0.05, 0) is 35.9 Å². The van der Waals surface area contributed by atoms with Crippen molar-refractivity contribution in [1.29, 1.82) is 0 Å². The molecule has 0 N–H and O–H groups in total. The van der Waals surface area contributed by atoms with E-state index in [2.05, 4.69) is 20.7 Å². The van der Waals surface area contributed by atoms with Crippen molar-refractivity contribution in [1.82, 2.24) is 0 Å². The van der Waals surface area contributed by atoms with Crippen LogP contribution in [0, 0.1) is 5.82 Å². The summed E-state index contributed by atoms with van der Waals surface area (Å²) in [6, 6.07) is 11.4. The van der Waals surface area contributed by atoms with E-state index in [1.165, 1.54) is 13.2 Å². The maximum absolute atomic E-state index is 13.6. The van der Waals surface area contributed by atoms with Crippen molar-refractivity contribution in [2.75, 3.05) is 7.11 Å². The zero-order valence-corrected chi connectivity index (χ0v) is 12.3. The molecule has 2 rings (SSSR count). The zero-order valence-electron chi connectivity index (χ0n) is 10.7. The molecule has 3 nitrogen and oxygen atoms in total. The highest BCUT2D eigenvalue weighted by Gasteiger charge is 2.07. The molecule has 0 aliphatic carbocycles. The third-order valence-corrected chi connectivity index (χ3v) is 3.13. The van der Waals surface area contributed by atoms with E-state index in [1.807, 2.05) is 0 Å². The fourth-order valence-corrected chi connectivity index (χ4v) is 1.99. The maximum atomic E-state index is 13.6. The predicted molar refractivity (Wildman–Crippen MR) is 76.2 cm³/mol. The van der Waals surface area contributed by atoms with Gasteiger partial charge in [0.05, 0.1) is 12.7 Å². The number of ether oxygens (including phenoxy) is 2. The van der Waals surface area contributed by atoms with Crippen LogP contribution in [-0.4, -0.2) is 13.1 Å². The van der Waals surface area contributed by atoms with Crippen LogP contribution < -0.4 is 4.74 Å². The van der Waals surface area contributed by atoms with Gasteiger partial charge in [0.2, 0.25) is 0 Å². The van der Waals surface area contributed by atoms with Crippen LogP contribution in [0.1, 0.15) is 15.9 Å². The molecule has 2 aromatic rings. The first kappa shape index (κ1) is 14.5. The average Bonchev–Trinajstić information content (AvgIpc) is 2.46. The van der Waals surface area contributed by atoms with Crippen LogP contribution >= 0.6 is 15.9 Å². The van der Waals surface area contributed by atoms with Crippen LogP contribution in [0.15, 0.2) is 46.9 Å². The van der Waals surface area contributed by atoms with Gasteiger partial charge >= 0.3 is 5.97 Å². The first-order valence-electron chi connectivity index (χ1n) is 5.85. The quantitative estimate of drug-likeness (QED) is 0.791. The minimum absolute atomic E-state index is 0.164. The van der Waals surface area contributed by atoms with Crippen molar-refractivity contribution in [3.63, 3.8) is 0 Å². The first-order valence-corrected chi connectivity index (χ1v) is 6.64. The van der Waals surface area contributed by atoms with E-state index in [0.717, 1.165) is 5.56 Å². The number of hydrogen-bond donors (Lipinski definition) is 0. The molecule has 0 atom stereocenters. The highest BCUT2D eigenvalue weighted by molar-refractivity contribution is 9.10. The Kier molecular flexibility index (Phi) is 4.74. The minimum atomic E-state index is -0.441. The molecule has 0 aliphatic rings. The number of carbonyl (C=O) groups is 1. The molecule has 0 saturated heterocycles. The van der Waals surface area contributed by atoms with Crippen molar-refractivity contribution in [3.05, 3.63) is 63.9 Å². The molecule has 0 amide bonds. The fraction of sp³-hybridized carbons (Fsp3) is 0.133. The molecule has 0 saturated carbocycles. The Morgan fingerprint density at radius 1 is 1.25 bits per heavy atom. The molecule has 0 aromatic heterocycles. The number of rotatable bonds is 4. The van der Waals surface area contributed by atoms with E-state index in [1.54, 1.807) is 36.4 Å². The van der Waals surface area contributed by atoms with Crippen molar-refractivity contribution in [2.45, 2.75) is 6.61 Å². The van der Waals surface area contributed by atoms with Gasteiger partial charge in [0, 0.05) is 4.47 Å². The summed E-state index contributed by atoms with van der Waals surface area (Å²) < 4.78 is 24.3. The van der Waals surface area contributed by atoms with Gasteiger partial charge < -0.3 is 9.47 Å². The third-order valence-electron chi connectivity index (χ3n) is 2.64. The van der Waals surface area contributed by atoms with Crippen LogP contribution in [-0.2, 0) is 11.3 Å². The lowest BCUT2D eigenvalue weighted by atomic mass is 10.1. The van der Waals surface area contributed by atoms with Crippen LogP contribution in [0.4, 0.5) is 4.39 Å². The molecule has 0 spiro atoms. The number of hydrogen-bond acceptors (Lipinski definition) is 3. The van der Waals surface area contributed by atoms with E-state index in [9.17, 15) is 9.18 Å². The molecule has 0 heterocycles. The van der Waals surface area contributed by atoms with Gasteiger partial charge in [-0.3, -0.25) is 0 Å². The van der Waals surface area contributed by atoms with Crippen LogP contribution in [0.3, 0.4) is 0 Å². The van der Waals surface area contributed by atoms with Gasteiger partial charge in [0.25, 0.3) is 0 Å². The summed E-state index contributed by atoms with van der Waals surface area (Å²) in [6.07, 6.45) is 0. The molecular weight excluding hydrogens is 327 g/mol. The first-order chi connectivity index (χ1) is 9.60. The minimum Gasteiger partial charge on any atom is -0.486 e. The average molecular weight is 339 g/mol. The Balaban J connectivity index is 2.09. The Morgan fingerprint density at radius 3 is 2.75 bits per heavy atom. The fourth-order valence-electron chi connectivity index (χ4n) is 1.66. The SMILES string of the molecule is COC(=O)c1cccc(COc2ccc(Br)cc2F)c1. The lowest BCUT2D eigenvalue weighted by Gasteiger charge is -2.08. The van der Waals surface area contributed by atoms with Gasteiger partial charge in [0.15, 0.2) is 11.6 Å². The number of halogens is 2. The van der Waals surface area contributed by atoms with E-state index in [0.29, 0.717) is 10.0 Å². The molecule has 20 heavy (non-hydrogen) atoms. The topological polar surface area (TPSA) is 35.5 Å². The molecule has 0 radical (unpaired) electrons. The summed E-state index contributed by atoms with van der Waals surface area (Å²) in [5.41, 5.74) is 1.19. The van der Waals surface area contributed by atoms with Gasteiger partial charge in [-0.15, -0.1) is 0 Å². The summed E-state index contributed by atoms with van der Waals surface area (Å²) in [5, 5.41) is 0. The second-order valence-corrected chi connectivity index (χ2v) is 4.97. The molecule has 0 fully saturated rings. The summed E-state index contributed by atoms with van der Waals surface area (Å²) in [7, 11) is 1.32. The Hall–Kier alpha value is -1.88. The van der Waals surface area contributed by atoms with Gasteiger partial charge in [0.1, 0.15) is 6.61 Å². The molecule has 2 aromatic carbocycles. The standard InChI is InChI=1S/C15H12BrFO3/c1-19-15(18)11-4-2-3-10(7-11)9-20-14-6-5-12(16)8-13(14)17/h2-8H,9H2,1H3. The molecule has 0 bridgehead atoms. The summed E-state index contributed by atoms with van der Waals surface area (Å²) in [5.74, 6) is -0.693. The van der Waals surface area contributed by atoms with Crippen LogP contribution in [0.2, 0.25) is 0 Å². The van der Waals surface area contributed by atoms with Crippen LogP contribution in [0.25, 0.3) is 0 Å². The van der Waals surface area contributed by atoms with E-state index in [4.69, 9.17) is 4.74 Å². The second kappa shape index (κ2) is 6.52. The van der Waals surface area contributed by atoms with Crippen molar-refractivity contribution in [2.24, 2.45) is 0 Å². The normalized spacial score (nSPS) is 10.2. The highest BCUT2D eigenvalue weighted by atomic mass is 79.9. The number of carbonyl (C=O) groups excluding carboxylic acids is 1. The van der Waals surface area contributed by atoms with E-state index < -0.39 is 11.8 Å². The highest BCUT2D eigenvalue weighted by Crippen LogP contribution is 2.22. The van der Waals surface area contributed by atoms with Crippen molar-refractivity contribution >= 4 is 21.9 Å². The van der Waals surface area contributed by atoms with Crippen LogP contribution in [0.5, 0.6) is 5.75 Å². The maximum Gasteiger partial charge on any atom is 0.337 e. The van der Waals surface area contributed by atoms with Crippen molar-refractivity contribution < 1.29 is 18.7 Å². The lowest BCUT2D eigenvalue weighted by Crippen LogP contribution is -2.03. The van der Waals surface area contributed by atoms with Gasteiger partial charge in [-0.1, -0.05) is 28.1 Å². The molecule has 104 valence electrons. The van der Waals surface area contributed by atoms with Crippen molar-refractivity contribution in [3.8, 4) is 5.75 Å². The van der Waals surface area contributed by atoms with Gasteiger partial charge in [-0.2, -0.15) is 0 Å². The molecule has 0 aliphatic heterocycles. The number of benzene rings is 2. The monoisotopic (exact) mass is 338 g/mol.